The largest absolute Gasteiger partial charge is 0.370 e. The maximum Gasteiger partial charge on any atom is 0.0842 e. The molecule has 0 aromatic heterocycles. The number of terminal acetylenes is 1. The standard InChI is InChI=1S/C4H6O.C2H2/c1-2-4-3(1)5-4;1-2/h3-4H,1-2H2;1-2H. The van der Waals surface area contributed by atoms with Gasteiger partial charge in [0.25, 0.3) is 0 Å². The van der Waals surface area contributed by atoms with Gasteiger partial charge in [0.2, 0.25) is 0 Å². The van der Waals surface area contributed by atoms with E-state index in [0.29, 0.717) is 0 Å². The molecule has 1 saturated carbocycles. The van der Waals surface area contributed by atoms with Crippen LogP contribution in [0.3, 0.4) is 0 Å². The average Bonchev–Trinajstić information content (AvgIpc) is 2.21. The molecule has 1 aliphatic carbocycles. The van der Waals surface area contributed by atoms with E-state index in [1.807, 2.05) is 0 Å². The molecule has 2 fully saturated rings. The minimum atomic E-state index is 0.731. The van der Waals surface area contributed by atoms with Crippen LogP contribution in [0.25, 0.3) is 0 Å². The third-order valence-corrected chi connectivity index (χ3v) is 1.42. The summed E-state index contributed by atoms with van der Waals surface area (Å²) in [7, 11) is 0. The van der Waals surface area contributed by atoms with Gasteiger partial charge in [-0.2, -0.15) is 0 Å². The van der Waals surface area contributed by atoms with Crippen LogP contribution in [-0.4, -0.2) is 12.2 Å². The zero-order valence-corrected chi connectivity index (χ0v) is 4.13. The van der Waals surface area contributed by atoms with Gasteiger partial charge in [-0.15, -0.1) is 12.8 Å². The molecule has 2 atom stereocenters. The monoisotopic (exact) mass is 96.1 g/mol. The van der Waals surface area contributed by atoms with Crippen molar-refractivity contribution < 1.29 is 4.74 Å². The lowest BCUT2D eigenvalue weighted by Gasteiger charge is -1.97. The number of hydrogen-bond donors (Lipinski definition) is 0. The first-order valence-corrected chi connectivity index (χ1v) is 2.45. The molecule has 1 aliphatic heterocycles. The Bertz CT molecular complexity index is 73.4. The maximum atomic E-state index is 5.03. The number of rotatable bonds is 0. The third-order valence-electron chi connectivity index (χ3n) is 1.42. The van der Waals surface area contributed by atoms with Crippen molar-refractivity contribution in [3.63, 3.8) is 0 Å². The Labute approximate surface area is 43.7 Å². The summed E-state index contributed by atoms with van der Waals surface area (Å²) in [5, 5.41) is 0. The maximum absolute atomic E-state index is 5.03. The van der Waals surface area contributed by atoms with E-state index in [1.54, 1.807) is 0 Å². The van der Waals surface area contributed by atoms with Crippen molar-refractivity contribution in [3.8, 4) is 12.8 Å². The first-order chi connectivity index (χ1) is 3.47. The summed E-state index contributed by atoms with van der Waals surface area (Å²) < 4.78 is 5.03. The van der Waals surface area contributed by atoms with Crippen LogP contribution in [0.1, 0.15) is 12.8 Å². The Morgan fingerprint density at radius 2 is 1.57 bits per heavy atom. The normalized spacial score (nSPS) is 41.4. The first-order valence-electron chi connectivity index (χ1n) is 2.45. The van der Waals surface area contributed by atoms with Gasteiger partial charge < -0.3 is 4.74 Å². The lowest BCUT2D eigenvalue weighted by atomic mass is 10.0. The summed E-state index contributed by atoms with van der Waals surface area (Å²) in [6.45, 7) is 0. The molecule has 2 rings (SSSR count). The molecule has 0 aromatic carbocycles. The van der Waals surface area contributed by atoms with E-state index in [2.05, 4.69) is 12.8 Å². The van der Waals surface area contributed by atoms with Gasteiger partial charge in [-0.05, 0) is 12.8 Å². The fraction of sp³-hybridized carbons (Fsp3) is 0.667. The van der Waals surface area contributed by atoms with Crippen molar-refractivity contribution in [2.45, 2.75) is 25.0 Å². The van der Waals surface area contributed by atoms with Gasteiger partial charge in [0.1, 0.15) is 0 Å². The second kappa shape index (κ2) is 1.55. The average molecular weight is 96.1 g/mol. The summed E-state index contributed by atoms with van der Waals surface area (Å²) in [4.78, 5) is 0. The molecule has 1 saturated heterocycles. The number of hydrogen-bond acceptors (Lipinski definition) is 1. The molecule has 1 nitrogen and oxygen atoms in total. The Kier molecular flexibility index (Phi) is 1.04. The molecule has 0 amide bonds. The predicted molar refractivity (Wildman–Crippen MR) is 27.8 cm³/mol. The summed E-state index contributed by atoms with van der Waals surface area (Å²) >= 11 is 0. The quantitative estimate of drug-likeness (QED) is 0.321. The number of epoxide rings is 1. The molecule has 1 heteroatoms. The second-order valence-corrected chi connectivity index (χ2v) is 1.79. The highest BCUT2D eigenvalue weighted by atomic mass is 16.6. The highest BCUT2D eigenvalue weighted by molar-refractivity contribution is 4.94. The molecule has 1 heterocycles. The molecule has 0 bridgehead atoms. The van der Waals surface area contributed by atoms with Gasteiger partial charge in [-0.3, -0.25) is 0 Å². The van der Waals surface area contributed by atoms with Gasteiger partial charge in [0.05, 0.1) is 12.2 Å². The van der Waals surface area contributed by atoms with Crippen LogP contribution in [0.15, 0.2) is 0 Å². The van der Waals surface area contributed by atoms with Crippen LogP contribution in [0.5, 0.6) is 0 Å². The van der Waals surface area contributed by atoms with Gasteiger partial charge in [0.15, 0.2) is 0 Å². The van der Waals surface area contributed by atoms with E-state index in [9.17, 15) is 0 Å². The van der Waals surface area contributed by atoms with Crippen LogP contribution in [0.4, 0.5) is 0 Å². The van der Waals surface area contributed by atoms with Crippen molar-refractivity contribution in [2.75, 3.05) is 0 Å². The summed E-state index contributed by atoms with van der Waals surface area (Å²) in [6.07, 6.45) is 12.1. The Morgan fingerprint density at radius 1 is 1.14 bits per heavy atom. The number of ether oxygens (including phenoxy) is 1. The number of fused-ring (bicyclic) bond motifs is 1. The first kappa shape index (κ1) is 4.67. The molecule has 0 spiro atoms. The van der Waals surface area contributed by atoms with E-state index >= 15 is 0 Å². The molecule has 0 aromatic rings. The zero-order chi connectivity index (χ0) is 5.28. The minimum absolute atomic E-state index is 0.731. The molecule has 0 N–H and O–H groups in total. The lowest BCUT2D eigenvalue weighted by molar-refractivity contribution is 0.417. The van der Waals surface area contributed by atoms with Crippen LogP contribution in [0, 0.1) is 12.8 Å². The summed E-state index contributed by atoms with van der Waals surface area (Å²) in [5.41, 5.74) is 0. The fourth-order valence-electron chi connectivity index (χ4n) is 0.754. The zero-order valence-electron chi connectivity index (χ0n) is 4.13. The van der Waals surface area contributed by atoms with Gasteiger partial charge in [-0.1, -0.05) is 0 Å². The molecule has 38 valence electrons. The minimum Gasteiger partial charge on any atom is -0.370 e. The highest BCUT2D eigenvalue weighted by Crippen LogP contribution is 2.40. The molecule has 0 radical (unpaired) electrons. The Morgan fingerprint density at radius 3 is 1.57 bits per heavy atom. The lowest BCUT2D eigenvalue weighted by Crippen LogP contribution is -2.04. The second-order valence-electron chi connectivity index (χ2n) is 1.79. The topological polar surface area (TPSA) is 12.5 Å². The van der Waals surface area contributed by atoms with Crippen molar-refractivity contribution in [3.05, 3.63) is 0 Å². The summed E-state index contributed by atoms with van der Waals surface area (Å²) in [5.74, 6) is 0. The SMILES string of the molecule is C#C.C1CC2OC12. The summed E-state index contributed by atoms with van der Waals surface area (Å²) in [6, 6.07) is 0. The Balaban J connectivity index is 0.000000112. The van der Waals surface area contributed by atoms with E-state index in [1.165, 1.54) is 12.8 Å². The molecule has 7 heavy (non-hydrogen) atoms. The van der Waals surface area contributed by atoms with Crippen molar-refractivity contribution >= 4 is 0 Å². The van der Waals surface area contributed by atoms with Crippen molar-refractivity contribution in [1.82, 2.24) is 0 Å². The molecular formula is C6H8O. The van der Waals surface area contributed by atoms with Crippen LogP contribution < -0.4 is 0 Å². The van der Waals surface area contributed by atoms with Gasteiger partial charge >= 0.3 is 0 Å². The van der Waals surface area contributed by atoms with E-state index in [4.69, 9.17) is 4.74 Å². The van der Waals surface area contributed by atoms with Gasteiger partial charge in [0, 0.05) is 0 Å². The van der Waals surface area contributed by atoms with Crippen molar-refractivity contribution in [1.29, 1.82) is 0 Å². The Hall–Kier alpha value is -0.480. The van der Waals surface area contributed by atoms with E-state index < -0.39 is 0 Å². The van der Waals surface area contributed by atoms with Gasteiger partial charge in [-0.25, -0.2) is 0 Å². The van der Waals surface area contributed by atoms with Crippen LogP contribution in [0.2, 0.25) is 0 Å². The molecule has 2 aliphatic rings. The van der Waals surface area contributed by atoms with Crippen molar-refractivity contribution in [2.24, 2.45) is 0 Å². The smallest absolute Gasteiger partial charge is 0.0842 e. The molecule has 2 unspecified atom stereocenters. The van der Waals surface area contributed by atoms with E-state index in [0.717, 1.165) is 12.2 Å². The predicted octanol–water partition coefficient (Wildman–Crippen LogP) is 0.797. The van der Waals surface area contributed by atoms with Crippen LogP contribution in [-0.2, 0) is 4.74 Å². The third kappa shape index (κ3) is 0.618. The highest BCUT2D eigenvalue weighted by Gasteiger charge is 2.46. The fourth-order valence-corrected chi connectivity index (χ4v) is 0.754. The van der Waals surface area contributed by atoms with E-state index in [-0.39, 0.29) is 0 Å². The molecular weight excluding hydrogens is 88.1 g/mol. The van der Waals surface area contributed by atoms with Crippen LogP contribution >= 0.6 is 0 Å².